The molecule has 1 aromatic carbocycles. The van der Waals surface area contributed by atoms with Crippen LogP contribution >= 0.6 is 0 Å². The topological polar surface area (TPSA) is 73.5 Å². The molecule has 0 unspecified atom stereocenters. The zero-order valence-electron chi connectivity index (χ0n) is 14.3. The van der Waals surface area contributed by atoms with Gasteiger partial charge in [0.1, 0.15) is 17.7 Å². The van der Waals surface area contributed by atoms with Gasteiger partial charge in [0, 0.05) is 12.1 Å². The quantitative estimate of drug-likeness (QED) is 0.600. The number of nitrogens with one attached hydrogen (secondary N) is 1. The molecule has 0 saturated heterocycles. The van der Waals surface area contributed by atoms with Gasteiger partial charge in [-0.3, -0.25) is 0 Å². The average molecular weight is 345 g/mol. The molecule has 0 amide bonds. The Morgan fingerprint density at radius 2 is 1.85 bits per heavy atom. The molecule has 7 nitrogen and oxygen atoms in total. The summed E-state index contributed by atoms with van der Waals surface area (Å²) in [6, 6.07) is 9.50. The second-order valence-corrected chi connectivity index (χ2v) is 7.25. The van der Waals surface area contributed by atoms with Gasteiger partial charge in [-0.05, 0) is 37.8 Å². The maximum atomic E-state index is 4.84. The summed E-state index contributed by atoms with van der Waals surface area (Å²) in [5.41, 5.74) is 4.04. The third kappa shape index (κ3) is 2.20. The number of anilines is 1. The van der Waals surface area contributed by atoms with Gasteiger partial charge in [0.2, 0.25) is 0 Å². The maximum absolute atomic E-state index is 4.84. The van der Waals surface area contributed by atoms with E-state index in [-0.39, 0.29) is 0 Å². The van der Waals surface area contributed by atoms with Gasteiger partial charge in [-0.15, -0.1) is 0 Å². The Morgan fingerprint density at radius 3 is 2.69 bits per heavy atom. The first-order valence-electron chi connectivity index (χ1n) is 9.26. The Hall–Kier alpha value is -2.96. The van der Waals surface area contributed by atoms with Crippen molar-refractivity contribution in [2.75, 3.05) is 5.32 Å². The standard InChI is InChI=1S/C19H19N7/c1-2-4-15-14(3-1)24-16(26(15)13-7-8-13)9-20-18-17-19(22-10-21-18)25(11-23-17)12-5-6-12/h1-4,10-13H,5-9H2,(H,20,21,22). The van der Waals surface area contributed by atoms with Gasteiger partial charge in [-0.2, -0.15) is 0 Å². The molecule has 26 heavy (non-hydrogen) atoms. The van der Waals surface area contributed by atoms with Crippen molar-refractivity contribution in [3.8, 4) is 0 Å². The second-order valence-electron chi connectivity index (χ2n) is 7.25. The normalized spacial score (nSPS) is 17.2. The first-order valence-corrected chi connectivity index (χ1v) is 9.26. The number of hydrogen-bond donors (Lipinski definition) is 1. The number of aromatic nitrogens is 6. The largest absolute Gasteiger partial charge is 0.361 e. The third-order valence-electron chi connectivity index (χ3n) is 5.29. The highest BCUT2D eigenvalue weighted by molar-refractivity contribution is 5.83. The highest BCUT2D eigenvalue weighted by Crippen LogP contribution is 2.39. The van der Waals surface area contributed by atoms with Crippen molar-refractivity contribution in [1.29, 1.82) is 0 Å². The fourth-order valence-corrected chi connectivity index (χ4v) is 3.72. The van der Waals surface area contributed by atoms with Crippen LogP contribution in [0.2, 0.25) is 0 Å². The lowest BCUT2D eigenvalue weighted by atomic mass is 10.3. The van der Waals surface area contributed by atoms with E-state index in [1.54, 1.807) is 6.33 Å². The van der Waals surface area contributed by atoms with Crippen LogP contribution in [0.1, 0.15) is 43.6 Å². The number of nitrogens with zero attached hydrogens (tertiary/aromatic N) is 6. The number of imidazole rings is 2. The number of rotatable bonds is 5. The average Bonchev–Trinajstić information content (AvgIpc) is 3.61. The summed E-state index contributed by atoms with van der Waals surface area (Å²) in [6.07, 6.45) is 8.40. The highest BCUT2D eigenvalue weighted by atomic mass is 15.2. The van der Waals surface area contributed by atoms with Gasteiger partial charge in [-0.1, -0.05) is 12.1 Å². The number of fused-ring (bicyclic) bond motifs is 2. The predicted octanol–water partition coefficient (Wildman–Crippen LogP) is 3.46. The first-order chi connectivity index (χ1) is 12.9. The molecule has 7 heteroatoms. The molecule has 2 saturated carbocycles. The van der Waals surface area contributed by atoms with Crippen molar-refractivity contribution in [3.05, 3.63) is 42.7 Å². The van der Waals surface area contributed by atoms with Crippen molar-refractivity contribution < 1.29 is 0 Å². The molecule has 0 aliphatic heterocycles. The molecule has 2 aliphatic rings. The van der Waals surface area contributed by atoms with E-state index in [0.717, 1.165) is 28.3 Å². The van der Waals surface area contributed by atoms with Crippen molar-refractivity contribution in [2.45, 2.75) is 44.3 Å². The van der Waals surface area contributed by atoms with Crippen molar-refractivity contribution >= 4 is 28.0 Å². The highest BCUT2D eigenvalue weighted by Gasteiger charge is 2.28. The van der Waals surface area contributed by atoms with Crippen LogP contribution in [-0.4, -0.2) is 29.1 Å². The van der Waals surface area contributed by atoms with E-state index in [2.05, 4.69) is 47.6 Å². The zero-order chi connectivity index (χ0) is 17.1. The maximum Gasteiger partial charge on any atom is 0.165 e. The Balaban J connectivity index is 1.35. The van der Waals surface area contributed by atoms with E-state index < -0.39 is 0 Å². The van der Waals surface area contributed by atoms with Crippen LogP contribution in [0.3, 0.4) is 0 Å². The van der Waals surface area contributed by atoms with Gasteiger partial charge in [0.25, 0.3) is 0 Å². The van der Waals surface area contributed by atoms with Crippen LogP contribution < -0.4 is 5.32 Å². The van der Waals surface area contributed by atoms with Crippen LogP contribution in [0.5, 0.6) is 0 Å². The minimum atomic E-state index is 0.557. The molecule has 1 N–H and O–H groups in total. The molecule has 6 rings (SSSR count). The number of benzene rings is 1. The zero-order valence-corrected chi connectivity index (χ0v) is 14.3. The monoisotopic (exact) mass is 345 g/mol. The van der Waals surface area contributed by atoms with E-state index in [1.165, 1.54) is 31.2 Å². The molecule has 4 aromatic rings. The molecule has 0 atom stereocenters. The summed E-state index contributed by atoms with van der Waals surface area (Å²) in [6.45, 7) is 0.633. The van der Waals surface area contributed by atoms with E-state index in [1.807, 2.05) is 12.4 Å². The van der Waals surface area contributed by atoms with Gasteiger partial charge in [0.05, 0.1) is 23.9 Å². The summed E-state index contributed by atoms with van der Waals surface area (Å²) in [5.74, 6) is 1.84. The lowest BCUT2D eigenvalue weighted by Gasteiger charge is -2.09. The number of para-hydroxylation sites is 2. The molecule has 130 valence electrons. The predicted molar refractivity (Wildman–Crippen MR) is 98.9 cm³/mol. The molecule has 0 radical (unpaired) electrons. The van der Waals surface area contributed by atoms with E-state index >= 15 is 0 Å². The Morgan fingerprint density at radius 1 is 1.00 bits per heavy atom. The molecule has 2 aliphatic carbocycles. The molecular weight excluding hydrogens is 326 g/mol. The summed E-state index contributed by atoms with van der Waals surface area (Å²) in [5, 5.41) is 3.45. The molecule has 0 bridgehead atoms. The first kappa shape index (κ1) is 14.2. The summed E-state index contributed by atoms with van der Waals surface area (Å²) in [7, 11) is 0. The number of hydrogen-bond acceptors (Lipinski definition) is 5. The van der Waals surface area contributed by atoms with Gasteiger partial charge in [-0.25, -0.2) is 19.9 Å². The van der Waals surface area contributed by atoms with Crippen LogP contribution in [0, 0.1) is 0 Å². The Labute approximate surface area is 150 Å². The van der Waals surface area contributed by atoms with Crippen LogP contribution in [0.15, 0.2) is 36.9 Å². The van der Waals surface area contributed by atoms with Crippen LogP contribution in [0.25, 0.3) is 22.2 Å². The molecular formula is C19H19N7. The smallest absolute Gasteiger partial charge is 0.165 e. The summed E-state index contributed by atoms with van der Waals surface area (Å²) in [4.78, 5) is 18.3. The molecule has 3 aromatic heterocycles. The van der Waals surface area contributed by atoms with Crippen molar-refractivity contribution in [2.24, 2.45) is 0 Å². The van der Waals surface area contributed by atoms with Crippen molar-refractivity contribution in [1.82, 2.24) is 29.1 Å². The van der Waals surface area contributed by atoms with E-state index in [9.17, 15) is 0 Å². The summed E-state index contributed by atoms with van der Waals surface area (Å²) < 4.78 is 4.55. The Bertz CT molecular complexity index is 1120. The SMILES string of the molecule is c1ccc2c(c1)nc(CNc1ncnc3c1ncn3C1CC1)n2C1CC1. The lowest BCUT2D eigenvalue weighted by molar-refractivity contribution is 0.710. The third-order valence-corrected chi connectivity index (χ3v) is 5.29. The van der Waals surface area contributed by atoms with Gasteiger partial charge >= 0.3 is 0 Å². The minimum absolute atomic E-state index is 0.557. The summed E-state index contributed by atoms with van der Waals surface area (Å²) >= 11 is 0. The fourth-order valence-electron chi connectivity index (χ4n) is 3.72. The fraction of sp³-hybridized carbons (Fsp3) is 0.368. The lowest BCUT2D eigenvalue weighted by Crippen LogP contribution is -2.09. The van der Waals surface area contributed by atoms with E-state index in [0.29, 0.717) is 18.6 Å². The molecule has 2 fully saturated rings. The van der Waals surface area contributed by atoms with Crippen LogP contribution in [-0.2, 0) is 6.54 Å². The van der Waals surface area contributed by atoms with Gasteiger partial charge in [0.15, 0.2) is 11.5 Å². The van der Waals surface area contributed by atoms with Crippen molar-refractivity contribution in [3.63, 3.8) is 0 Å². The second kappa shape index (κ2) is 5.27. The van der Waals surface area contributed by atoms with Crippen LogP contribution in [0.4, 0.5) is 5.82 Å². The van der Waals surface area contributed by atoms with E-state index in [4.69, 9.17) is 4.98 Å². The van der Waals surface area contributed by atoms with Gasteiger partial charge < -0.3 is 14.5 Å². The molecule has 0 spiro atoms. The molecule has 3 heterocycles. The Kier molecular flexibility index (Phi) is 2.88. The minimum Gasteiger partial charge on any atom is -0.361 e.